The number of phenols is 1. The largest absolute Gasteiger partial charge is 0.508 e. The molecule has 1 aromatic carbocycles. The van der Waals surface area contributed by atoms with Crippen molar-refractivity contribution >= 4 is 29.1 Å². The average Bonchev–Trinajstić information content (AvgIpc) is 2.87. The van der Waals surface area contributed by atoms with Crippen LogP contribution in [-0.2, 0) is 4.79 Å². The van der Waals surface area contributed by atoms with Crippen LogP contribution in [0, 0.1) is 0 Å². The van der Waals surface area contributed by atoms with Gasteiger partial charge in [0.25, 0.3) is 0 Å². The zero-order valence-electron chi connectivity index (χ0n) is 11.8. The Morgan fingerprint density at radius 2 is 2.10 bits per heavy atom. The van der Waals surface area contributed by atoms with E-state index in [1.165, 1.54) is 0 Å². The molecule has 4 nitrogen and oxygen atoms in total. The Balaban J connectivity index is 1.88. The van der Waals surface area contributed by atoms with Gasteiger partial charge in [-0.05, 0) is 32.0 Å². The maximum absolute atomic E-state index is 12.2. The van der Waals surface area contributed by atoms with Gasteiger partial charge in [0.15, 0.2) is 0 Å². The number of hydrogen-bond acceptors (Lipinski definition) is 3. The van der Waals surface area contributed by atoms with Crippen molar-refractivity contribution in [2.24, 2.45) is 0 Å². The molecule has 2 fully saturated rings. The first-order valence-corrected chi connectivity index (χ1v) is 7.90. The molecule has 6 heteroatoms. The molecule has 3 rings (SSSR count). The molecule has 114 valence electrons. The molecule has 2 aliphatic heterocycles. The molecule has 0 aromatic heterocycles. The predicted molar refractivity (Wildman–Crippen MR) is 83.1 cm³/mol. The van der Waals surface area contributed by atoms with Crippen molar-refractivity contribution in [1.82, 2.24) is 10.2 Å². The first-order valence-electron chi connectivity index (χ1n) is 7.14. The number of amides is 1. The standard InChI is InChI=1S/C15H18Cl2N2O2/c1-18-9-5-10-4-8(7-19(10)13(21)6-9)14-12(20)3-2-11(16)15(14)17/h2-3,8-10,18,20H,4-7H2,1H3/t8-,9-,10-/m0/s1. The van der Waals surface area contributed by atoms with E-state index in [-0.39, 0.29) is 29.7 Å². The van der Waals surface area contributed by atoms with Crippen LogP contribution in [0.2, 0.25) is 10.0 Å². The lowest BCUT2D eigenvalue weighted by Gasteiger charge is -2.34. The molecular formula is C15H18Cl2N2O2. The number of halogens is 2. The van der Waals surface area contributed by atoms with E-state index in [1.807, 2.05) is 11.9 Å². The number of phenolic OH excluding ortho intramolecular Hbond substituents is 1. The minimum absolute atomic E-state index is 0.0424. The number of nitrogens with zero attached hydrogens (tertiary/aromatic N) is 1. The Morgan fingerprint density at radius 3 is 2.81 bits per heavy atom. The average molecular weight is 329 g/mol. The van der Waals surface area contributed by atoms with Crippen LogP contribution in [0.4, 0.5) is 0 Å². The monoisotopic (exact) mass is 328 g/mol. The Morgan fingerprint density at radius 1 is 1.33 bits per heavy atom. The van der Waals surface area contributed by atoms with Gasteiger partial charge in [-0.15, -0.1) is 0 Å². The molecule has 0 bridgehead atoms. The molecule has 1 amide bonds. The van der Waals surface area contributed by atoms with E-state index in [2.05, 4.69) is 5.32 Å². The second-order valence-corrected chi connectivity index (χ2v) is 6.64. The highest BCUT2D eigenvalue weighted by molar-refractivity contribution is 6.42. The van der Waals surface area contributed by atoms with Gasteiger partial charge in [-0.1, -0.05) is 23.2 Å². The van der Waals surface area contributed by atoms with E-state index in [4.69, 9.17) is 23.2 Å². The third-order valence-corrected chi connectivity index (χ3v) is 5.46. The van der Waals surface area contributed by atoms with Crippen molar-refractivity contribution in [2.45, 2.75) is 37.3 Å². The number of aromatic hydroxyl groups is 1. The van der Waals surface area contributed by atoms with E-state index in [0.717, 1.165) is 12.8 Å². The van der Waals surface area contributed by atoms with E-state index in [0.29, 0.717) is 28.6 Å². The number of hydrogen-bond donors (Lipinski definition) is 2. The molecular weight excluding hydrogens is 311 g/mol. The fourth-order valence-electron chi connectivity index (χ4n) is 3.56. The Bertz CT molecular complexity index is 579. The normalized spacial score (nSPS) is 28.8. The van der Waals surface area contributed by atoms with Gasteiger partial charge in [-0.2, -0.15) is 0 Å². The molecule has 21 heavy (non-hydrogen) atoms. The molecule has 1 aromatic rings. The molecule has 0 spiro atoms. The lowest BCUT2D eigenvalue weighted by molar-refractivity contribution is -0.135. The molecule has 2 N–H and O–H groups in total. The van der Waals surface area contributed by atoms with Crippen molar-refractivity contribution in [3.63, 3.8) is 0 Å². The summed E-state index contributed by atoms with van der Waals surface area (Å²) in [5.74, 6) is 0.373. The number of carbonyl (C=O) groups excluding carboxylic acids is 1. The van der Waals surface area contributed by atoms with Gasteiger partial charge in [0.1, 0.15) is 5.75 Å². The SMILES string of the molecule is CN[C@@H]1CC(=O)N2C[C@@H](c3c(O)ccc(Cl)c3Cl)C[C@H]2C1. The molecule has 3 atom stereocenters. The second kappa shape index (κ2) is 5.67. The lowest BCUT2D eigenvalue weighted by Crippen LogP contribution is -2.48. The molecule has 0 radical (unpaired) electrons. The van der Waals surface area contributed by atoms with Crippen molar-refractivity contribution in [1.29, 1.82) is 0 Å². The Labute approximate surface area is 134 Å². The van der Waals surface area contributed by atoms with Gasteiger partial charge in [0, 0.05) is 36.5 Å². The van der Waals surface area contributed by atoms with Crippen molar-refractivity contribution in [2.75, 3.05) is 13.6 Å². The molecule has 0 saturated carbocycles. The maximum Gasteiger partial charge on any atom is 0.224 e. The summed E-state index contributed by atoms with van der Waals surface area (Å²) in [6.45, 7) is 0.605. The minimum atomic E-state index is 0.0424. The molecule has 0 aliphatic carbocycles. The third kappa shape index (κ3) is 2.60. The second-order valence-electron chi connectivity index (χ2n) is 5.85. The van der Waals surface area contributed by atoms with Crippen LogP contribution >= 0.6 is 23.2 Å². The predicted octanol–water partition coefficient (Wildman–Crippen LogP) is 2.77. The smallest absolute Gasteiger partial charge is 0.224 e. The van der Waals surface area contributed by atoms with Gasteiger partial charge in [0.2, 0.25) is 5.91 Å². The van der Waals surface area contributed by atoms with Crippen LogP contribution in [0.1, 0.15) is 30.7 Å². The number of nitrogens with one attached hydrogen (secondary N) is 1. The first-order chi connectivity index (χ1) is 10.0. The van der Waals surface area contributed by atoms with Crippen LogP contribution in [0.25, 0.3) is 0 Å². The number of rotatable bonds is 2. The maximum atomic E-state index is 12.2. The minimum Gasteiger partial charge on any atom is -0.508 e. The molecule has 2 heterocycles. The summed E-state index contributed by atoms with van der Waals surface area (Å²) in [4.78, 5) is 14.1. The van der Waals surface area contributed by atoms with E-state index in [9.17, 15) is 9.90 Å². The zero-order valence-corrected chi connectivity index (χ0v) is 13.3. The summed E-state index contributed by atoms with van der Waals surface area (Å²) in [6, 6.07) is 3.61. The molecule has 2 aliphatic rings. The summed E-state index contributed by atoms with van der Waals surface area (Å²) in [6.07, 6.45) is 2.30. The third-order valence-electron chi connectivity index (χ3n) is 4.64. The van der Waals surface area contributed by atoms with Crippen LogP contribution in [0.3, 0.4) is 0 Å². The van der Waals surface area contributed by atoms with Crippen LogP contribution in [0.15, 0.2) is 12.1 Å². The van der Waals surface area contributed by atoms with Crippen LogP contribution in [0.5, 0.6) is 5.75 Å². The highest BCUT2D eigenvalue weighted by atomic mass is 35.5. The van der Waals surface area contributed by atoms with Gasteiger partial charge in [-0.3, -0.25) is 4.79 Å². The summed E-state index contributed by atoms with van der Waals surface area (Å²) in [5.41, 5.74) is 0.673. The van der Waals surface area contributed by atoms with E-state index in [1.54, 1.807) is 12.1 Å². The highest BCUT2D eigenvalue weighted by Gasteiger charge is 2.42. The fourth-order valence-corrected chi connectivity index (χ4v) is 4.04. The van der Waals surface area contributed by atoms with Crippen LogP contribution in [-0.4, -0.2) is 41.6 Å². The molecule has 0 unspecified atom stereocenters. The van der Waals surface area contributed by atoms with Crippen molar-refractivity contribution in [3.05, 3.63) is 27.7 Å². The van der Waals surface area contributed by atoms with Gasteiger partial charge in [0.05, 0.1) is 10.0 Å². The summed E-state index contributed by atoms with van der Waals surface area (Å²) in [7, 11) is 1.89. The topological polar surface area (TPSA) is 52.6 Å². The lowest BCUT2D eigenvalue weighted by atomic mass is 9.92. The van der Waals surface area contributed by atoms with Gasteiger partial charge >= 0.3 is 0 Å². The highest BCUT2D eigenvalue weighted by Crippen LogP contribution is 2.44. The van der Waals surface area contributed by atoms with E-state index >= 15 is 0 Å². The zero-order chi connectivity index (χ0) is 15.1. The summed E-state index contributed by atoms with van der Waals surface area (Å²) in [5, 5.41) is 14.1. The Kier molecular flexibility index (Phi) is 4.04. The Hall–Kier alpha value is -0.970. The van der Waals surface area contributed by atoms with Gasteiger partial charge in [-0.25, -0.2) is 0 Å². The summed E-state index contributed by atoms with van der Waals surface area (Å²) < 4.78 is 0. The van der Waals surface area contributed by atoms with Crippen molar-refractivity contribution in [3.8, 4) is 5.75 Å². The summed E-state index contributed by atoms with van der Waals surface area (Å²) >= 11 is 12.3. The quantitative estimate of drug-likeness (QED) is 0.877. The van der Waals surface area contributed by atoms with E-state index < -0.39 is 0 Å². The van der Waals surface area contributed by atoms with Crippen LogP contribution < -0.4 is 5.32 Å². The molecule has 2 saturated heterocycles. The number of carbonyl (C=O) groups is 1. The first kappa shape index (κ1) is 14.9. The van der Waals surface area contributed by atoms with Crippen molar-refractivity contribution < 1.29 is 9.90 Å². The number of piperidine rings is 1. The fraction of sp³-hybridized carbons (Fsp3) is 0.533. The number of benzene rings is 1. The number of fused-ring (bicyclic) bond motifs is 1. The van der Waals surface area contributed by atoms with Gasteiger partial charge < -0.3 is 15.3 Å².